The Labute approximate surface area is 167 Å². The fraction of sp³-hybridized carbons (Fsp3) is 0.238. The summed E-state index contributed by atoms with van der Waals surface area (Å²) in [6.45, 7) is -2.22. The van der Waals surface area contributed by atoms with Crippen molar-refractivity contribution in [3.05, 3.63) is 66.0 Å². The molecule has 0 bridgehead atoms. The van der Waals surface area contributed by atoms with Gasteiger partial charge in [0.25, 0.3) is 0 Å². The number of halogens is 2. The van der Waals surface area contributed by atoms with E-state index in [0.717, 1.165) is 16.5 Å². The van der Waals surface area contributed by atoms with E-state index in [1.807, 2.05) is 30.3 Å². The van der Waals surface area contributed by atoms with Crippen LogP contribution in [0.5, 0.6) is 11.5 Å². The number of hydrogen-bond acceptors (Lipinski definition) is 4. The number of pyridine rings is 1. The molecule has 0 aliphatic carbocycles. The zero-order chi connectivity index (χ0) is 20.6. The highest BCUT2D eigenvalue weighted by molar-refractivity contribution is 5.85. The maximum Gasteiger partial charge on any atom is 0.387 e. The number of hydrogen-bond donors (Lipinski definition) is 2. The van der Waals surface area contributed by atoms with E-state index < -0.39 is 6.61 Å². The monoisotopic (exact) mass is 400 g/mol. The normalized spacial score (nSPS) is 11.6. The van der Waals surface area contributed by atoms with Crippen LogP contribution in [-0.2, 0) is 13.1 Å². The lowest BCUT2D eigenvalue weighted by molar-refractivity contribution is -0.0504. The smallest absolute Gasteiger partial charge is 0.387 e. The van der Waals surface area contributed by atoms with Gasteiger partial charge in [0, 0.05) is 30.7 Å². The van der Waals surface area contributed by atoms with Crippen LogP contribution in [0.1, 0.15) is 11.3 Å². The van der Waals surface area contributed by atoms with E-state index in [-0.39, 0.29) is 12.3 Å². The summed E-state index contributed by atoms with van der Waals surface area (Å²) < 4.78 is 35.1. The summed E-state index contributed by atoms with van der Waals surface area (Å²) in [7, 11) is 3.14. The van der Waals surface area contributed by atoms with E-state index in [0.29, 0.717) is 23.8 Å². The number of ether oxygens (including phenoxy) is 2. The Kier molecular flexibility index (Phi) is 6.78. The van der Waals surface area contributed by atoms with Crippen molar-refractivity contribution in [2.24, 2.45) is 4.99 Å². The minimum Gasteiger partial charge on any atom is -0.497 e. The molecule has 8 heteroatoms. The SMILES string of the molecule is CN=C(NCc1cc(OC)ccc1OC(F)F)NCc1nccc2ccccc12. The van der Waals surface area contributed by atoms with Gasteiger partial charge in [-0.25, -0.2) is 0 Å². The molecule has 0 atom stereocenters. The van der Waals surface area contributed by atoms with Gasteiger partial charge < -0.3 is 20.1 Å². The van der Waals surface area contributed by atoms with Gasteiger partial charge in [-0.05, 0) is 29.7 Å². The van der Waals surface area contributed by atoms with Crippen molar-refractivity contribution >= 4 is 16.7 Å². The van der Waals surface area contributed by atoms with Gasteiger partial charge in [-0.3, -0.25) is 9.98 Å². The standard InChI is InChI=1S/C21H22F2N4O2/c1-24-21(27-13-18-17-6-4-3-5-14(17)9-10-25-18)26-12-15-11-16(28-2)7-8-19(15)29-20(22)23/h3-11,20H,12-13H2,1-2H3,(H2,24,26,27). The summed E-state index contributed by atoms with van der Waals surface area (Å²) in [4.78, 5) is 8.61. The van der Waals surface area contributed by atoms with E-state index in [2.05, 4.69) is 25.3 Å². The van der Waals surface area contributed by atoms with Crippen LogP contribution in [0.4, 0.5) is 8.78 Å². The lowest BCUT2D eigenvalue weighted by Crippen LogP contribution is -2.36. The highest BCUT2D eigenvalue weighted by atomic mass is 19.3. The molecule has 0 spiro atoms. The van der Waals surface area contributed by atoms with Crippen molar-refractivity contribution in [1.29, 1.82) is 0 Å². The maximum atomic E-state index is 12.7. The fourth-order valence-corrected chi connectivity index (χ4v) is 2.92. The summed E-state index contributed by atoms with van der Waals surface area (Å²) in [5.74, 6) is 1.14. The van der Waals surface area contributed by atoms with Gasteiger partial charge in [0.05, 0.1) is 19.3 Å². The number of benzene rings is 2. The van der Waals surface area contributed by atoms with E-state index in [1.54, 1.807) is 25.4 Å². The molecule has 0 unspecified atom stereocenters. The number of aliphatic imine (C=N–C) groups is 1. The summed E-state index contributed by atoms with van der Waals surface area (Å²) in [6.07, 6.45) is 1.76. The third kappa shape index (κ3) is 5.31. The van der Waals surface area contributed by atoms with E-state index in [9.17, 15) is 8.78 Å². The zero-order valence-electron chi connectivity index (χ0n) is 16.2. The van der Waals surface area contributed by atoms with Crippen LogP contribution in [0.15, 0.2) is 59.7 Å². The molecule has 0 aliphatic rings. The Balaban J connectivity index is 1.68. The van der Waals surface area contributed by atoms with Crippen molar-refractivity contribution in [3.8, 4) is 11.5 Å². The molecule has 0 aliphatic heterocycles. The maximum absolute atomic E-state index is 12.7. The van der Waals surface area contributed by atoms with Gasteiger partial charge in [-0.2, -0.15) is 8.78 Å². The van der Waals surface area contributed by atoms with Gasteiger partial charge in [-0.15, -0.1) is 0 Å². The molecule has 0 amide bonds. The fourth-order valence-electron chi connectivity index (χ4n) is 2.92. The van der Waals surface area contributed by atoms with Gasteiger partial charge >= 0.3 is 6.61 Å². The van der Waals surface area contributed by atoms with Crippen LogP contribution < -0.4 is 20.1 Å². The third-order valence-electron chi connectivity index (χ3n) is 4.33. The Morgan fingerprint density at radius 2 is 1.90 bits per heavy atom. The van der Waals surface area contributed by atoms with Crippen LogP contribution in [-0.4, -0.2) is 31.7 Å². The van der Waals surface area contributed by atoms with Crippen molar-refractivity contribution < 1.29 is 18.3 Å². The van der Waals surface area contributed by atoms with Crippen molar-refractivity contribution in [2.75, 3.05) is 14.2 Å². The number of nitrogens with zero attached hydrogens (tertiary/aromatic N) is 2. The molecule has 3 aromatic rings. The molecule has 152 valence electrons. The average Bonchev–Trinajstić information content (AvgIpc) is 2.74. The first-order chi connectivity index (χ1) is 14.1. The predicted molar refractivity (Wildman–Crippen MR) is 108 cm³/mol. The summed E-state index contributed by atoms with van der Waals surface area (Å²) >= 11 is 0. The Bertz CT molecular complexity index is 990. The molecule has 0 saturated carbocycles. The minimum absolute atomic E-state index is 0.0828. The van der Waals surface area contributed by atoms with Gasteiger partial charge in [0.1, 0.15) is 11.5 Å². The Morgan fingerprint density at radius 1 is 1.10 bits per heavy atom. The molecule has 2 aromatic carbocycles. The van der Waals surface area contributed by atoms with E-state index in [4.69, 9.17) is 4.74 Å². The topological polar surface area (TPSA) is 67.8 Å². The number of nitrogens with one attached hydrogen (secondary N) is 2. The second-order valence-electron chi connectivity index (χ2n) is 6.11. The number of methoxy groups -OCH3 is 1. The van der Waals surface area contributed by atoms with Crippen LogP contribution >= 0.6 is 0 Å². The number of fused-ring (bicyclic) bond motifs is 1. The first-order valence-corrected chi connectivity index (χ1v) is 8.99. The largest absolute Gasteiger partial charge is 0.497 e. The molecule has 1 aromatic heterocycles. The van der Waals surface area contributed by atoms with Gasteiger partial charge in [-0.1, -0.05) is 24.3 Å². The van der Waals surface area contributed by atoms with E-state index in [1.165, 1.54) is 13.2 Å². The quantitative estimate of drug-likeness (QED) is 0.468. The molecule has 3 rings (SSSR count). The Hall–Kier alpha value is -3.42. The lowest BCUT2D eigenvalue weighted by Gasteiger charge is -2.15. The lowest BCUT2D eigenvalue weighted by atomic mass is 10.1. The molecular weight excluding hydrogens is 378 g/mol. The van der Waals surface area contributed by atoms with Crippen molar-refractivity contribution in [3.63, 3.8) is 0 Å². The van der Waals surface area contributed by atoms with Crippen molar-refractivity contribution in [2.45, 2.75) is 19.7 Å². The minimum atomic E-state index is -2.91. The molecule has 1 heterocycles. The molecular formula is C21H22F2N4O2. The van der Waals surface area contributed by atoms with Crippen LogP contribution in [0.3, 0.4) is 0 Å². The second kappa shape index (κ2) is 9.68. The second-order valence-corrected chi connectivity index (χ2v) is 6.11. The predicted octanol–water partition coefficient (Wildman–Crippen LogP) is 3.71. The summed E-state index contributed by atoms with van der Waals surface area (Å²) in [6, 6.07) is 14.6. The molecule has 2 N–H and O–H groups in total. The average molecular weight is 400 g/mol. The molecule has 6 nitrogen and oxygen atoms in total. The van der Waals surface area contributed by atoms with Gasteiger partial charge in [0.2, 0.25) is 0 Å². The zero-order valence-corrected chi connectivity index (χ0v) is 16.2. The van der Waals surface area contributed by atoms with E-state index >= 15 is 0 Å². The highest BCUT2D eigenvalue weighted by Crippen LogP contribution is 2.25. The Morgan fingerprint density at radius 3 is 2.66 bits per heavy atom. The van der Waals surface area contributed by atoms with Crippen LogP contribution in [0.2, 0.25) is 0 Å². The molecule has 0 fully saturated rings. The highest BCUT2D eigenvalue weighted by Gasteiger charge is 2.12. The number of rotatable bonds is 7. The number of aromatic nitrogens is 1. The third-order valence-corrected chi connectivity index (χ3v) is 4.33. The summed E-state index contributed by atoms with van der Waals surface area (Å²) in [5, 5.41) is 8.45. The van der Waals surface area contributed by atoms with Gasteiger partial charge in [0.15, 0.2) is 5.96 Å². The number of guanidine groups is 1. The van der Waals surface area contributed by atoms with Crippen LogP contribution in [0.25, 0.3) is 10.8 Å². The first kappa shape index (κ1) is 20.3. The summed E-state index contributed by atoms with van der Waals surface area (Å²) in [5.41, 5.74) is 1.41. The molecule has 0 saturated heterocycles. The van der Waals surface area contributed by atoms with Crippen LogP contribution in [0, 0.1) is 0 Å². The molecule has 29 heavy (non-hydrogen) atoms. The first-order valence-electron chi connectivity index (χ1n) is 8.99. The van der Waals surface area contributed by atoms with Crippen molar-refractivity contribution in [1.82, 2.24) is 15.6 Å². The molecule has 0 radical (unpaired) electrons. The number of alkyl halides is 2.